The summed E-state index contributed by atoms with van der Waals surface area (Å²) in [5, 5.41) is 22.9. The smallest absolute Gasteiger partial charge is 0.191 e. The van der Waals surface area contributed by atoms with Gasteiger partial charge in [-0.05, 0) is 37.7 Å². The lowest BCUT2D eigenvalue weighted by Gasteiger charge is -2.16. The zero-order chi connectivity index (χ0) is 17.6. The van der Waals surface area contributed by atoms with Crippen molar-refractivity contribution < 1.29 is 0 Å². The number of para-hydroxylation sites is 1. The van der Waals surface area contributed by atoms with E-state index >= 15 is 0 Å². The van der Waals surface area contributed by atoms with Crippen LogP contribution in [0.1, 0.15) is 49.5 Å². The number of aryl methyl sites for hydroxylation is 1. The van der Waals surface area contributed by atoms with Crippen LogP contribution in [0, 0.1) is 11.3 Å². The molecule has 1 heterocycles. The molecule has 0 spiro atoms. The highest BCUT2D eigenvalue weighted by Gasteiger charge is 2.23. The fourth-order valence-electron chi connectivity index (χ4n) is 3.40. The molecule has 1 saturated carbocycles. The third-order valence-corrected chi connectivity index (χ3v) is 5.58. The first-order valence-corrected chi connectivity index (χ1v) is 10.2. The lowest BCUT2D eigenvalue weighted by atomic mass is 10.2. The normalized spacial score (nSPS) is 14.6. The van der Waals surface area contributed by atoms with Crippen LogP contribution in [0.4, 0.5) is 5.69 Å². The van der Waals surface area contributed by atoms with E-state index in [1.54, 1.807) is 30.0 Å². The minimum Gasteiger partial charge on any atom is -0.383 e. The first-order valence-electron chi connectivity index (χ1n) is 8.65. The number of hydrogen-bond acceptors (Lipinski definition) is 5. The predicted molar refractivity (Wildman–Crippen MR) is 102 cm³/mol. The van der Waals surface area contributed by atoms with Crippen molar-refractivity contribution in [1.29, 1.82) is 5.26 Å². The molecule has 7 heteroatoms. The van der Waals surface area contributed by atoms with Gasteiger partial charge in [-0.1, -0.05) is 42.3 Å². The molecule has 3 rings (SSSR count). The van der Waals surface area contributed by atoms with Crippen LogP contribution >= 0.6 is 23.4 Å². The van der Waals surface area contributed by atoms with Gasteiger partial charge in [0.25, 0.3) is 0 Å². The van der Waals surface area contributed by atoms with Gasteiger partial charge in [-0.3, -0.25) is 0 Å². The number of nitrogens with zero attached hydrogens (tertiary/aromatic N) is 4. The summed E-state index contributed by atoms with van der Waals surface area (Å²) in [5.74, 6) is 1.07. The number of anilines is 1. The molecule has 1 N–H and O–H groups in total. The molecule has 1 aliphatic rings. The zero-order valence-corrected chi connectivity index (χ0v) is 15.9. The Morgan fingerprint density at radius 3 is 2.88 bits per heavy atom. The highest BCUT2D eigenvalue weighted by Crippen LogP contribution is 2.33. The second-order valence-electron chi connectivity index (χ2n) is 6.22. The third kappa shape index (κ3) is 4.10. The monoisotopic (exact) mass is 375 g/mol. The average molecular weight is 376 g/mol. The van der Waals surface area contributed by atoms with Gasteiger partial charge in [0.05, 0.1) is 16.3 Å². The average Bonchev–Trinajstić information content (AvgIpc) is 3.28. The van der Waals surface area contributed by atoms with E-state index in [0.29, 0.717) is 22.3 Å². The Balaban J connectivity index is 1.62. The summed E-state index contributed by atoms with van der Waals surface area (Å²) < 4.78 is 2.34. The SMILES string of the molecule is CSc1nnc(CCCNc2c(Cl)cccc2C#N)n1C1CCCC1. The van der Waals surface area contributed by atoms with E-state index in [9.17, 15) is 5.26 Å². The van der Waals surface area contributed by atoms with Crippen molar-refractivity contribution in [2.75, 3.05) is 18.1 Å². The van der Waals surface area contributed by atoms with Crippen LogP contribution in [-0.2, 0) is 6.42 Å². The Morgan fingerprint density at radius 2 is 2.16 bits per heavy atom. The topological polar surface area (TPSA) is 66.5 Å². The second-order valence-corrected chi connectivity index (χ2v) is 7.40. The van der Waals surface area contributed by atoms with Crippen LogP contribution in [0.2, 0.25) is 5.02 Å². The van der Waals surface area contributed by atoms with E-state index in [-0.39, 0.29) is 0 Å². The molecule has 1 aromatic carbocycles. The molecule has 0 amide bonds. The number of benzene rings is 1. The fraction of sp³-hybridized carbons (Fsp3) is 0.500. The van der Waals surface area contributed by atoms with Crippen LogP contribution in [0.5, 0.6) is 0 Å². The minimum absolute atomic E-state index is 0.550. The maximum absolute atomic E-state index is 9.19. The Morgan fingerprint density at radius 1 is 1.36 bits per heavy atom. The van der Waals surface area contributed by atoms with Crippen molar-refractivity contribution in [3.63, 3.8) is 0 Å². The van der Waals surface area contributed by atoms with Crippen LogP contribution < -0.4 is 5.32 Å². The summed E-state index contributed by atoms with van der Waals surface area (Å²) in [7, 11) is 0. The lowest BCUT2D eigenvalue weighted by Crippen LogP contribution is -2.12. The maximum Gasteiger partial charge on any atom is 0.191 e. The van der Waals surface area contributed by atoms with E-state index in [0.717, 1.165) is 30.4 Å². The quantitative estimate of drug-likeness (QED) is 0.562. The largest absolute Gasteiger partial charge is 0.383 e. The molecule has 5 nitrogen and oxygen atoms in total. The van der Waals surface area contributed by atoms with Gasteiger partial charge in [0.15, 0.2) is 5.16 Å². The standard InChI is InChI=1S/C18H22ClN5S/c1-25-18-23-22-16(24(18)14-7-2-3-8-14)10-5-11-21-17-13(12-20)6-4-9-15(17)19/h4,6,9,14,21H,2-3,5,7-8,10-11H2,1H3. The molecule has 2 aromatic rings. The van der Waals surface area contributed by atoms with E-state index in [2.05, 4.69) is 32.4 Å². The molecule has 1 fully saturated rings. The Hall–Kier alpha value is -1.71. The van der Waals surface area contributed by atoms with Crippen molar-refractivity contribution in [3.05, 3.63) is 34.6 Å². The molecule has 0 atom stereocenters. The number of nitriles is 1. The van der Waals surface area contributed by atoms with Crippen LogP contribution in [0.3, 0.4) is 0 Å². The van der Waals surface area contributed by atoms with Crippen molar-refractivity contribution in [3.8, 4) is 6.07 Å². The van der Waals surface area contributed by atoms with Gasteiger partial charge < -0.3 is 9.88 Å². The Kier molecular flexibility index (Phi) is 6.22. The molecule has 1 aromatic heterocycles. The number of rotatable bonds is 7. The van der Waals surface area contributed by atoms with E-state index in [4.69, 9.17) is 11.6 Å². The van der Waals surface area contributed by atoms with Crippen molar-refractivity contribution in [2.24, 2.45) is 0 Å². The summed E-state index contributed by atoms with van der Waals surface area (Å²) in [4.78, 5) is 0. The predicted octanol–water partition coefficient (Wildman–Crippen LogP) is 4.68. The molecule has 25 heavy (non-hydrogen) atoms. The van der Waals surface area contributed by atoms with Gasteiger partial charge in [0.1, 0.15) is 11.9 Å². The van der Waals surface area contributed by atoms with Gasteiger partial charge >= 0.3 is 0 Å². The molecular weight excluding hydrogens is 354 g/mol. The minimum atomic E-state index is 0.550. The van der Waals surface area contributed by atoms with Crippen molar-refractivity contribution in [2.45, 2.75) is 49.7 Å². The number of thioether (sulfide) groups is 1. The van der Waals surface area contributed by atoms with Gasteiger partial charge in [-0.25, -0.2) is 0 Å². The summed E-state index contributed by atoms with van der Waals surface area (Å²) in [6, 6.07) is 8.09. The second kappa shape index (κ2) is 8.59. The molecule has 0 unspecified atom stereocenters. The number of aromatic nitrogens is 3. The summed E-state index contributed by atoms with van der Waals surface area (Å²) in [6.07, 6.45) is 8.87. The molecule has 0 bridgehead atoms. The maximum atomic E-state index is 9.19. The van der Waals surface area contributed by atoms with Gasteiger partial charge in [0.2, 0.25) is 0 Å². The van der Waals surface area contributed by atoms with E-state index < -0.39 is 0 Å². The van der Waals surface area contributed by atoms with Gasteiger partial charge in [0, 0.05) is 19.0 Å². The molecule has 1 aliphatic carbocycles. The van der Waals surface area contributed by atoms with Gasteiger partial charge in [-0.15, -0.1) is 10.2 Å². The highest BCUT2D eigenvalue weighted by atomic mass is 35.5. The number of halogens is 1. The fourth-order valence-corrected chi connectivity index (χ4v) is 4.22. The third-order valence-electron chi connectivity index (χ3n) is 4.62. The summed E-state index contributed by atoms with van der Waals surface area (Å²) in [6.45, 7) is 0.741. The highest BCUT2D eigenvalue weighted by molar-refractivity contribution is 7.98. The van der Waals surface area contributed by atoms with E-state index in [1.165, 1.54) is 25.7 Å². The molecule has 132 valence electrons. The van der Waals surface area contributed by atoms with Crippen LogP contribution in [0.25, 0.3) is 0 Å². The Bertz CT molecular complexity index is 761. The molecule has 0 aliphatic heterocycles. The van der Waals surface area contributed by atoms with Gasteiger partial charge in [-0.2, -0.15) is 5.26 Å². The molecule has 0 radical (unpaired) electrons. The zero-order valence-electron chi connectivity index (χ0n) is 14.3. The lowest BCUT2D eigenvalue weighted by molar-refractivity contribution is 0.461. The number of hydrogen-bond donors (Lipinski definition) is 1. The Labute approximate surface area is 157 Å². The van der Waals surface area contributed by atoms with Crippen LogP contribution in [0.15, 0.2) is 23.4 Å². The first kappa shape index (κ1) is 18.1. The van der Waals surface area contributed by atoms with Crippen molar-refractivity contribution >= 4 is 29.1 Å². The summed E-state index contributed by atoms with van der Waals surface area (Å²) in [5.41, 5.74) is 1.29. The first-order chi connectivity index (χ1) is 12.2. The molecule has 0 saturated heterocycles. The van der Waals surface area contributed by atoms with E-state index in [1.807, 2.05) is 0 Å². The van der Waals surface area contributed by atoms with Crippen LogP contribution in [-0.4, -0.2) is 27.6 Å². The molecular formula is C18H22ClN5S. The number of nitrogens with one attached hydrogen (secondary N) is 1. The summed E-state index contributed by atoms with van der Waals surface area (Å²) >= 11 is 7.86. The van der Waals surface area contributed by atoms with Crippen molar-refractivity contribution in [1.82, 2.24) is 14.8 Å².